The molecule has 1 atom stereocenters. The Hall–Kier alpha value is -3.91. The van der Waals surface area contributed by atoms with Crippen LogP contribution in [0.2, 0.25) is 0 Å². The highest BCUT2D eigenvalue weighted by atomic mass is 32.1. The van der Waals surface area contributed by atoms with Crippen LogP contribution in [0.3, 0.4) is 0 Å². The first-order valence-corrected chi connectivity index (χ1v) is 10.2. The van der Waals surface area contributed by atoms with Crippen LogP contribution in [0, 0.1) is 5.82 Å². The molecule has 0 spiro atoms. The number of aliphatic hydroxyl groups excluding tert-OH is 1. The molecule has 0 aliphatic carbocycles. The molecule has 1 saturated heterocycles. The number of rotatable bonds is 3. The molecule has 1 aliphatic rings. The molecule has 8 heteroatoms. The molecule has 2 aromatic carbocycles. The molecule has 4 aromatic rings. The van der Waals surface area contributed by atoms with Gasteiger partial charge in [-0.2, -0.15) is 0 Å². The number of anilines is 1. The first-order chi connectivity index (χ1) is 15.0. The zero-order valence-electron chi connectivity index (χ0n) is 15.9. The minimum atomic E-state index is -0.895. The van der Waals surface area contributed by atoms with Crippen molar-refractivity contribution >= 4 is 44.1 Å². The van der Waals surface area contributed by atoms with E-state index < -0.39 is 23.5 Å². The van der Waals surface area contributed by atoms with Crippen LogP contribution in [0.15, 0.2) is 78.6 Å². The average Bonchev–Trinajstić information content (AvgIpc) is 3.32. The summed E-state index contributed by atoms with van der Waals surface area (Å²) < 4.78 is 14.2. The van der Waals surface area contributed by atoms with Gasteiger partial charge in [-0.3, -0.25) is 19.5 Å². The number of nitrogens with zero attached hydrogens (tertiary/aromatic N) is 3. The highest BCUT2D eigenvalue weighted by molar-refractivity contribution is 7.22. The van der Waals surface area contributed by atoms with Crippen LogP contribution in [-0.2, 0) is 9.59 Å². The first kappa shape index (κ1) is 19.1. The number of aliphatic hydroxyl groups is 1. The van der Waals surface area contributed by atoms with Crippen LogP contribution in [0.5, 0.6) is 0 Å². The summed E-state index contributed by atoms with van der Waals surface area (Å²) in [6.07, 6.45) is 3.09. The number of ketones is 1. The topological polar surface area (TPSA) is 83.4 Å². The Morgan fingerprint density at radius 2 is 1.77 bits per heavy atom. The molecule has 1 aliphatic heterocycles. The number of aromatic nitrogens is 2. The maximum absolute atomic E-state index is 13.7. The molecule has 3 heterocycles. The quantitative estimate of drug-likeness (QED) is 0.294. The first-order valence-electron chi connectivity index (χ1n) is 9.37. The van der Waals surface area contributed by atoms with E-state index in [4.69, 9.17) is 0 Å². The van der Waals surface area contributed by atoms with Gasteiger partial charge in [-0.25, -0.2) is 9.37 Å². The van der Waals surface area contributed by atoms with Gasteiger partial charge >= 0.3 is 5.91 Å². The third kappa shape index (κ3) is 3.17. The van der Waals surface area contributed by atoms with Crippen LogP contribution in [-0.4, -0.2) is 26.8 Å². The number of hydrogen-bond donors (Lipinski definition) is 1. The maximum atomic E-state index is 13.7. The van der Waals surface area contributed by atoms with E-state index in [1.54, 1.807) is 54.9 Å². The molecule has 0 saturated carbocycles. The van der Waals surface area contributed by atoms with Crippen LogP contribution >= 0.6 is 11.3 Å². The monoisotopic (exact) mass is 431 g/mol. The zero-order chi connectivity index (χ0) is 21.5. The Bertz CT molecular complexity index is 1350. The maximum Gasteiger partial charge on any atom is 0.301 e. The summed E-state index contributed by atoms with van der Waals surface area (Å²) in [6, 6.07) is 15.2. The van der Waals surface area contributed by atoms with Crippen molar-refractivity contribution in [2.24, 2.45) is 0 Å². The van der Waals surface area contributed by atoms with Gasteiger partial charge in [-0.15, -0.1) is 0 Å². The fraction of sp³-hybridized carbons (Fsp3) is 0.0435. The van der Waals surface area contributed by atoms with E-state index in [0.29, 0.717) is 21.3 Å². The molecule has 6 nitrogen and oxygen atoms in total. The SMILES string of the molecule is O=C1C(=O)N(c2nc3ccc(F)cc3s2)C(c2ccncc2)C1=C(O)c1ccccc1. The van der Waals surface area contributed by atoms with Crippen LogP contribution in [0.4, 0.5) is 9.52 Å². The molecule has 1 N–H and O–H groups in total. The van der Waals surface area contributed by atoms with Crippen LogP contribution in [0.1, 0.15) is 17.2 Å². The molecule has 5 rings (SSSR count). The lowest BCUT2D eigenvalue weighted by Crippen LogP contribution is -2.29. The van der Waals surface area contributed by atoms with Crippen molar-refractivity contribution in [3.63, 3.8) is 0 Å². The summed E-state index contributed by atoms with van der Waals surface area (Å²) >= 11 is 1.10. The van der Waals surface area contributed by atoms with E-state index >= 15 is 0 Å². The third-order valence-corrected chi connectivity index (χ3v) is 6.08. The van der Waals surface area contributed by atoms with Crippen molar-refractivity contribution in [1.29, 1.82) is 0 Å². The third-order valence-electron chi connectivity index (χ3n) is 5.06. The summed E-state index contributed by atoms with van der Waals surface area (Å²) in [5.41, 5.74) is 1.50. The van der Waals surface area contributed by atoms with Gasteiger partial charge in [-0.05, 0) is 35.9 Å². The fourth-order valence-electron chi connectivity index (χ4n) is 3.63. The number of fused-ring (bicyclic) bond motifs is 1. The lowest BCUT2D eigenvalue weighted by Gasteiger charge is -2.22. The second kappa shape index (κ2) is 7.41. The number of thiazole rings is 1. The van der Waals surface area contributed by atoms with Crippen molar-refractivity contribution in [3.8, 4) is 0 Å². The Morgan fingerprint density at radius 3 is 2.52 bits per heavy atom. The lowest BCUT2D eigenvalue weighted by atomic mass is 9.96. The largest absolute Gasteiger partial charge is 0.507 e. The number of Topliss-reactive ketones (excluding diaryl/α,β-unsaturated/α-hetero) is 1. The normalized spacial score (nSPS) is 18.1. The van der Waals surface area contributed by atoms with E-state index in [1.165, 1.54) is 23.1 Å². The number of hydrogen-bond acceptors (Lipinski definition) is 6. The number of pyridine rings is 1. The number of halogens is 1. The van der Waals surface area contributed by atoms with Gasteiger partial charge in [-0.1, -0.05) is 41.7 Å². The molecule has 0 bridgehead atoms. The molecular formula is C23H14FN3O3S. The molecule has 1 amide bonds. The van der Waals surface area contributed by atoms with Gasteiger partial charge in [0.25, 0.3) is 5.78 Å². The minimum absolute atomic E-state index is 0.0344. The second-order valence-corrected chi connectivity index (χ2v) is 7.93. The van der Waals surface area contributed by atoms with Gasteiger partial charge < -0.3 is 5.11 Å². The van der Waals surface area contributed by atoms with Gasteiger partial charge in [0.1, 0.15) is 11.6 Å². The van der Waals surface area contributed by atoms with Crippen molar-refractivity contribution in [1.82, 2.24) is 9.97 Å². The highest BCUT2D eigenvalue weighted by Gasteiger charge is 2.48. The Morgan fingerprint density at radius 1 is 1.03 bits per heavy atom. The van der Waals surface area contributed by atoms with Crippen molar-refractivity contribution in [3.05, 3.63) is 95.6 Å². The standard InChI is InChI=1S/C23H14FN3O3S/c24-15-6-7-16-17(12-15)31-23(26-16)27-19(13-8-10-25-11-9-13)18(21(29)22(27)30)20(28)14-4-2-1-3-5-14/h1-12,19,28H. The molecule has 152 valence electrons. The van der Waals surface area contributed by atoms with Crippen molar-refractivity contribution < 1.29 is 19.1 Å². The number of carbonyl (C=O) groups is 2. The summed E-state index contributed by atoms with van der Waals surface area (Å²) in [5.74, 6) is -2.30. The van der Waals surface area contributed by atoms with Crippen molar-refractivity contribution in [2.45, 2.75) is 6.04 Å². The molecule has 31 heavy (non-hydrogen) atoms. The van der Waals surface area contributed by atoms with Gasteiger partial charge in [0.05, 0.1) is 21.8 Å². The van der Waals surface area contributed by atoms with Gasteiger partial charge in [0, 0.05) is 18.0 Å². The van der Waals surface area contributed by atoms with Crippen LogP contribution in [0.25, 0.3) is 16.0 Å². The predicted octanol–water partition coefficient (Wildman–Crippen LogP) is 4.46. The van der Waals surface area contributed by atoms with E-state index in [1.807, 2.05) is 0 Å². The Balaban J connectivity index is 1.73. The van der Waals surface area contributed by atoms with Crippen molar-refractivity contribution in [2.75, 3.05) is 4.90 Å². The van der Waals surface area contributed by atoms with E-state index in [0.717, 1.165) is 11.3 Å². The molecule has 1 fully saturated rings. The smallest absolute Gasteiger partial charge is 0.301 e. The highest BCUT2D eigenvalue weighted by Crippen LogP contribution is 2.44. The summed E-state index contributed by atoms with van der Waals surface area (Å²) in [4.78, 5) is 35.8. The average molecular weight is 431 g/mol. The minimum Gasteiger partial charge on any atom is -0.507 e. The second-order valence-electron chi connectivity index (χ2n) is 6.92. The number of carbonyl (C=O) groups excluding carboxylic acids is 2. The van der Waals surface area contributed by atoms with Gasteiger partial charge in [0.15, 0.2) is 5.13 Å². The zero-order valence-corrected chi connectivity index (χ0v) is 16.7. The number of amides is 1. The van der Waals surface area contributed by atoms with E-state index in [2.05, 4.69) is 9.97 Å². The summed E-state index contributed by atoms with van der Waals surface area (Å²) in [6.45, 7) is 0. The molecule has 1 unspecified atom stereocenters. The van der Waals surface area contributed by atoms with E-state index in [-0.39, 0.29) is 16.5 Å². The van der Waals surface area contributed by atoms with E-state index in [9.17, 15) is 19.1 Å². The summed E-state index contributed by atoms with van der Waals surface area (Å²) in [7, 11) is 0. The van der Waals surface area contributed by atoms with Crippen LogP contribution < -0.4 is 4.90 Å². The molecule has 0 radical (unpaired) electrons. The summed E-state index contributed by atoms with van der Waals surface area (Å²) in [5, 5.41) is 11.2. The predicted molar refractivity (Wildman–Crippen MR) is 115 cm³/mol. The Labute approximate surface area is 179 Å². The lowest BCUT2D eigenvalue weighted by molar-refractivity contribution is -0.132. The molecular weight excluding hydrogens is 417 g/mol. The molecule has 2 aromatic heterocycles. The number of benzene rings is 2. The fourth-order valence-corrected chi connectivity index (χ4v) is 4.65. The van der Waals surface area contributed by atoms with Gasteiger partial charge in [0.2, 0.25) is 0 Å². The Kier molecular flexibility index (Phi) is 4.56.